The highest BCUT2D eigenvalue weighted by Crippen LogP contribution is 2.33. The van der Waals surface area contributed by atoms with Crippen LogP contribution in [0, 0.1) is 0 Å². The second-order valence-electron chi connectivity index (χ2n) is 4.03. The summed E-state index contributed by atoms with van der Waals surface area (Å²) in [6.07, 6.45) is 8.90. The fourth-order valence-corrected chi connectivity index (χ4v) is 2.06. The van der Waals surface area contributed by atoms with Crippen molar-refractivity contribution in [2.24, 2.45) is 5.73 Å². The topological polar surface area (TPSA) is 46.2 Å². The van der Waals surface area contributed by atoms with Crippen molar-refractivity contribution in [2.45, 2.75) is 57.0 Å². The average Bonchev–Trinajstić information content (AvgIpc) is 2.47. The van der Waals surface area contributed by atoms with E-state index in [1.165, 1.54) is 19.3 Å². The van der Waals surface area contributed by atoms with Gasteiger partial charge >= 0.3 is 0 Å². The molecule has 1 saturated carbocycles. The molecule has 0 unspecified atom stereocenters. The molecule has 0 spiro atoms. The van der Waals surface area contributed by atoms with Crippen LogP contribution < -0.4 is 5.73 Å². The van der Waals surface area contributed by atoms with E-state index in [1.54, 1.807) is 0 Å². The van der Waals surface area contributed by atoms with Gasteiger partial charge in [0.05, 0.1) is 5.60 Å². The lowest BCUT2D eigenvalue weighted by atomic mass is 9.95. The Kier molecular flexibility index (Phi) is 4.02. The normalized spacial score (nSPS) is 21.5. The number of hydrogen-bond donors (Lipinski definition) is 2. The van der Waals surface area contributed by atoms with E-state index in [2.05, 4.69) is 0 Å². The van der Waals surface area contributed by atoms with E-state index in [1.807, 2.05) is 0 Å². The van der Waals surface area contributed by atoms with Gasteiger partial charge < -0.3 is 10.8 Å². The highest BCUT2D eigenvalue weighted by atomic mass is 16.3. The summed E-state index contributed by atoms with van der Waals surface area (Å²) in [5, 5.41) is 9.96. The molecule has 1 rings (SSSR count). The molecule has 1 aliphatic carbocycles. The molecule has 72 valence electrons. The van der Waals surface area contributed by atoms with Gasteiger partial charge in [0.25, 0.3) is 0 Å². The van der Waals surface area contributed by atoms with E-state index in [0.29, 0.717) is 0 Å². The highest BCUT2D eigenvalue weighted by Gasteiger charge is 2.29. The predicted octanol–water partition coefficient (Wildman–Crippen LogP) is 1.81. The van der Waals surface area contributed by atoms with Crippen LogP contribution in [0.5, 0.6) is 0 Å². The van der Waals surface area contributed by atoms with Gasteiger partial charge in [-0.2, -0.15) is 0 Å². The van der Waals surface area contributed by atoms with Gasteiger partial charge in [0.2, 0.25) is 0 Å². The van der Waals surface area contributed by atoms with Crippen LogP contribution in [0.3, 0.4) is 0 Å². The van der Waals surface area contributed by atoms with Crippen LogP contribution in [0.25, 0.3) is 0 Å². The smallest absolute Gasteiger partial charge is 0.0647 e. The molecular formula is C10H21NO. The van der Waals surface area contributed by atoms with Crippen molar-refractivity contribution in [2.75, 3.05) is 6.54 Å². The van der Waals surface area contributed by atoms with Crippen LogP contribution in [0.2, 0.25) is 0 Å². The molecule has 0 bridgehead atoms. The summed E-state index contributed by atoms with van der Waals surface area (Å²) in [4.78, 5) is 0. The van der Waals surface area contributed by atoms with Gasteiger partial charge in [0.15, 0.2) is 0 Å². The molecule has 0 aromatic rings. The Bertz CT molecular complexity index is 119. The third kappa shape index (κ3) is 3.11. The van der Waals surface area contributed by atoms with Crippen molar-refractivity contribution in [3.05, 3.63) is 0 Å². The number of rotatable bonds is 5. The molecule has 0 aromatic carbocycles. The number of hydrogen-bond acceptors (Lipinski definition) is 2. The number of unbranched alkanes of at least 4 members (excludes halogenated alkanes) is 2. The first-order chi connectivity index (χ1) is 5.77. The van der Waals surface area contributed by atoms with Crippen LogP contribution in [0.15, 0.2) is 0 Å². The fraction of sp³-hybridized carbons (Fsp3) is 1.00. The van der Waals surface area contributed by atoms with Crippen LogP contribution in [0.1, 0.15) is 51.4 Å². The third-order valence-electron chi connectivity index (χ3n) is 2.88. The largest absolute Gasteiger partial charge is 0.390 e. The Morgan fingerprint density at radius 3 is 2.33 bits per heavy atom. The Labute approximate surface area is 75.2 Å². The maximum absolute atomic E-state index is 9.96. The quantitative estimate of drug-likeness (QED) is 0.620. The molecule has 0 heterocycles. The molecule has 2 heteroatoms. The summed E-state index contributed by atoms with van der Waals surface area (Å²) in [5.74, 6) is 0. The van der Waals surface area contributed by atoms with Gasteiger partial charge in [-0.3, -0.25) is 0 Å². The third-order valence-corrected chi connectivity index (χ3v) is 2.88. The van der Waals surface area contributed by atoms with Crippen molar-refractivity contribution >= 4 is 0 Å². The summed E-state index contributed by atoms with van der Waals surface area (Å²) in [7, 11) is 0. The molecule has 0 aromatic heterocycles. The standard InChI is InChI=1S/C10H21NO/c11-9-5-1-2-6-10(12)7-3-4-8-10/h12H,1-9,11H2. The maximum Gasteiger partial charge on any atom is 0.0647 e. The zero-order valence-corrected chi connectivity index (χ0v) is 7.89. The molecule has 1 aliphatic rings. The molecule has 0 saturated heterocycles. The van der Waals surface area contributed by atoms with E-state index >= 15 is 0 Å². The van der Waals surface area contributed by atoms with Gasteiger partial charge in [-0.15, -0.1) is 0 Å². The van der Waals surface area contributed by atoms with Gasteiger partial charge in [-0.1, -0.05) is 25.7 Å². The van der Waals surface area contributed by atoms with Crippen molar-refractivity contribution in [1.82, 2.24) is 0 Å². The minimum absolute atomic E-state index is 0.297. The summed E-state index contributed by atoms with van der Waals surface area (Å²) in [6.45, 7) is 0.790. The molecule has 0 amide bonds. The number of aliphatic hydroxyl groups is 1. The Morgan fingerprint density at radius 1 is 1.08 bits per heavy atom. The van der Waals surface area contributed by atoms with Crippen molar-refractivity contribution in [3.63, 3.8) is 0 Å². The zero-order chi connectivity index (χ0) is 8.86. The summed E-state index contributed by atoms with van der Waals surface area (Å²) >= 11 is 0. The molecule has 0 atom stereocenters. The van der Waals surface area contributed by atoms with Gasteiger partial charge in [-0.25, -0.2) is 0 Å². The maximum atomic E-state index is 9.96. The van der Waals surface area contributed by atoms with Gasteiger partial charge in [0, 0.05) is 0 Å². The van der Waals surface area contributed by atoms with E-state index in [-0.39, 0.29) is 5.60 Å². The number of nitrogens with two attached hydrogens (primary N) is 1. The molecule has 12 heavy (non-hydrogen) atoms. The average molecular weight is 171 g/mol. The predicted molar refractivity (Wildman–Crippen MR) is 50.9 cm³/mol. The Hall–Kier alpha value is -0.0800. The Balaban J connectivity index is 2.05. The van der Waals surface area contributed by atoms with Gasteiger partial charge in [0.1, 0.15) is 0 Å². The van der Waals surface area contributed by atoms with Crippen LogP contribution in [-0.4, -0.2) is 17.3 Å². The van der Waals surface area contributed by atoms with Crippen LogP contribution >= 0.6 is 0 Å². The first-order valence-electron chi connectivity index (χ1n) is 5.19. The van der Waals surface area contributed by atoms with Crippen LogP contribution in [-0.2, 0) is 0 Å². The zero-order valence-electron chi connectivity index (χ0n) is 7.89. The molecule has 3 N–H and O–H groups in total. The van der Waals surface area contributed by atoms with E-state index in [4.69, 9.17) is 5.73 Å². The second kappa shape index (κ2) is 4.83. The monoisotopic (exact) mass is 171 g/mol. The second-order valence-corrected chi connectivity index (χ2v) is 4.03. The minimum Gasteiger partial charge on any atom is -0.390 e. The molecule has 0 aliphatic heterocycles. The molecular weight excluding hydrogens is 150 g/mol. The van der Waals surface area contributed by atoms with Crippen molar-refractivity contribution in [1.29, 1.82) is 0 Å². The van der Waals surface area contributed by atoms with Crippen molar-refractivity contribution < 1.29 is 5.11 Å². The van der Waals surface area contributed by atoms with Crippen molar-refractivity contribution in [3.8, 4) is 0 Å². The molecule has 1 fully saturated rings. The SMILES string of the molecule is NCCCCCC1(O)CCCC1. The summed E-state index contributed by atoms with van der Waals surface area (Å²) < 4.78 is 0. The lowest BCUT2D eigenvalue weighted by Crippen LogP contribution is -2.23. The lowest BCUT2D eigenvalue weighted by Gasteiger charge is -2.21. The van der Waals surface area contributed by atoms with Gasteiger partial charge in [-0.05, 0) is 32.2 Å². The lowest BCUT2D eigenvalue weighted by molar-refractivity contribution is 0.0362. The van der Waals surface area contributed by atoms with E-state index in [9.17, 15) is 5.11 Å². The fourth-order valence-electron chi connectivity index (χ4n) is 2.06. The minimum atomic E-state index is -0.297. The first kappa shape index (κ1) is 10.0. The van der Waals surface area contributed by atoms with Crippen LogP contribution in [0.4, 0.5) is 0 Å². The molecule has 0 radical (unpaired) electrons. The molecule has 2 nitrogen and oxygen atoms in total. The first-order valence-corrected chi connectivity index (χ1v) is 5.19. The van der Waals surface area contributed by atoms with E-state index in [0.717, 1.165) is 38.6 Å². The highest BCUT2D eigenvalue weighted by molar-refractivity contribution is 4.83. The summed E-state index contributed by atoms with van der Waals surface area (Å²) in [5.41, 5.74) is 5.10. The Morgan fingerprint density at radius 2 is 1.75 bits per heavy atom. The summed E-state index contributed by atoms with van der Waals surface area (Å²) in [6, 6.07) is 0. The van der Waals surface area contributed by atoms with E-state index < -0.39 is 0 Å².